The molecule has 5 nitrogen and oxygen atoms in total. The summed E-state index contributed by atoms with van der Waals surface area (Å²) in [5.74, 6) is 0.149. The molecule has 0 N–H and O–H groups in total. The van der Waals surface area contributed by atoms with E-state index in [-0.39, 0.29) is 24.1 Å². The predicted molar refractivity (Wildman–Crippen MR) is 100 cm³/mol. The number of carbonyl (C=O) groups is 2. The van der Waals surface area contributed by atoms with Crippen LogP contribution in [0.2, 0.25) is 0 Å². The van der Waals surface area contributed by atoms with Gasteiger partial charge in [-0.25, -0.2) is 4.39 Å². The molecule has 0 radical (unpaired) electrons. The summed E-state index contributed by atoms with van der Waals surface area (Å²) in [6.07, 6.45) is 0.955. The summed E-state index contributed by atoms with van der Waals surface area (Å²) < 4.78 is 18.3. The van der Waals surface area contributed by atoms with Gasteiger partial charge in [0.1, 0.15) is 11.6 Å². The molecule has 142 valence electrons. The molecule has 1 aliphatic heterocycles. The third-order valence-electron chi connectivity index (χ3n) is 4.74. The van der Waals surface area contributed by atoms with Gasteiger partial charge >= 0.3 is 0 Å². The molecule has 1 fully saturated rings. The standard InChI is InChI=1S/C21H23FN2O3/c1-27-19-6-3-2-5-18(19)21(26)24-12-4-11-23(13-14-24)20(25)15-16-7-9-17(22)10-8-16/h2-3,5-10H,4,11-15H2,1H3. The number of carbonyl (C=O) groups excluding carboxylic acids is 2. The largest absolute Gasteiger partial charge is 0.496 e. The number of rotatable bonds is 4. The highest BCUT2D eigenvalue weighted by molar-refractivity contribution is 5.97. The van der Waals surface area contributed by atoms with Gasteiger partial charge < -0.3 is 14.5 Å². The van der Waals surface area contributed by atoms with Gasteiger partial charge in [0, 0.05) is 26.2 Å². The van der Waals surface area contributed by atoms with Gasteiger partial charge in [0.2, 0.25) is 5.91 Å². The molecule has 2 aromatic carbocycles. The molecule has 2 aromatic rings. The maximum Gasteiger partial charge on any atom is 0.257 e. The monoisotopic (exact) mass is 370 g/mol. The third-order valence-corrected chi connectivity index (χ3v) is 4.74. The number of ether oxygens (including phenoxy) is 1. The first kappa shape index (κ1) is 18.9. The van der Waals surface area contributed by atoms with Gasteiger partial charge in [0.25, 0.3) is 5.91 Å². The molecule has 0 spiro atoms. The Labute approximate surface area is 158 Å². The lowest BCUT2D eigenvalue weighted by Gasteiger charge is -2.23. The zero-order valence-corrected chi connectivity index (χ0v) is 15.4. The van der Waals surface area contributed by atoms with E-state index in [2.05, 4.69) is 0 Å². The molecule has 1 saturated heterocycles. The Morgan fingerprint density at radius 3 is 2.37 bits per heavy atom. The first-order valence-electron chi connectivity index (χ1n) is 9.03. The van der Waals surface area contributed by atoms with Gasteiger partial charge in [-0.3, -0.25) is 9.59 Å². The number of para-hydroxylation sites is 1. The van der Waals surface area contributed by atoms with Gasteiger partial charge in [0.05, 0.1) is 19.1 Å². The average Bonchev–Trinajstić information content (AvgIpc) is 2.95. The van der Waals surface area contributed by atoms with Gasteiger partial charge in [-0.2, -0.15) is 0 Å². The van der Waals surface area contributed by atoms with Crippen molar-refractivity contribution in [1.29, 1.82) is 0 Å². The van der Waals surface area contributed by atoms with E-state index in [4.69, 9.17) is 4.74 Å². The second-order valence-corrected chi connectivity index (χ2v) is 6.53. The van der Waals surface area contributed by atoms with Crippen molar-refractivity contribution >= 4 is 11.8 Å². The molecule has 0 bridgehead atoms. The second kappa shape index (κ2) is 8.66. The Morgan fingerprint density at radius 2 is 1.63 bits per heavy atom. The molecular weight excluding hydrogens is 347 g/mol. The SMILES string of the molecule is COc1ccccc1C(=O)N1CCCN(C(=O)Cc2ccc(F)cc2)CC1. The van der Waals surface area contributed by atoms with Crippen LogP contribution < -0.4 is 4.74 Å². The van der Waals surface area contributed by atoms with E-state index in [0.717, 1.165) is 12.0 Å². The Morgan fingerprint density at radius 1 is 0.963 bits per heavy atom. The number of hydrogen-bond acceptors (Lipinski definition) is 3. The van der Waals surface area contributed by atoms with Crippen molar-refractivity contribution in [3.8, 4) is 5.75 Å². The lowest BCUT2D eigenvalue weighted by atomic mass is 10.1. The normalized spacial score (nSPS) is 14.6. The minimum Gasteiger partial charge on any atom is -0.496 e. The van der Waals surface area contributed by atoms with Crippen molar-refractivity contribution in [1.82, 2.24) is 9.80 Å². The van der Waals surface area contributed by atoms with Crippen LogP contribution in [-0.2, 0) is 11.2 Å². The molecule has 2 amide bonds. The van der Waals surface area contributed by atoms with E-state index in [1.165, 1.54) is 12.1 Å². The highest BCUT2D eigenvalue weighted by Gasteiger charge is 2.24. The quantitative estimate of drug-likeness (QED) is 0.832. The lowest BCUT2D eigenvalue weighted by Crippen LogP contribution is -2.38. The van der Waals surface area contributed by atoms with E-state index >= 15 is 0 Å². The zero-order valence-electron chi connectivity index (χ0n) is 15.4. The van der Waals surface area contributed by atoms with Crippen LogP contribution in [0.15, 0.2) is 48.5 Å². The van der Waals surface area contributed by atoms with Crippen molar-refractivity contribution in [3.63, 3.8) is 0 Å². The molecule has 0 saturated carbocycles. The van der Waals surface area contributed by atoms with Crippen LogP contribution in [0.3, 0.4) is 0 Å². The summed E-state index contributed by atoms with van der Waals surface area (Å²) in [7, 11) is 1.55. The van der Waals surface area contributed by atoms with Crippen LogP contribution in [0.1, 0.15) is 22.3 Å². The van der Waals surface area contributed by atoms with E-state index in [9.17, 15) is 14.0 Å². The maximum absolute atomic E-state index is 13.0. The molecular formula is C21H23FN2O3. The molecule has 1 heterocycles. The van der Waals surface area contributed by atoms with E-state index in [1.807, 2.05) is 12.1 Å². The van der Waals surface area contributed by atoms with Crippen LogP contribution in [-0.4, -0.2) is 54.9 Å². The molecule has 3 rings (SSSR count). The van der Waals surface area contributed by atoms with E-state index in [1.54, 1.807) is 41.2 Å². The highest BCUT2D eigenvalue weighted by atomic mass is 19.1. The minimum absolute atomic E-state index is 0.00630. The highest BCUT2D eigenvalue weighted by Crippen LogP contribution is 2.20. The molecule has 0 aromatic heterocycles. The first-order valence-corrected chi connectivity index (χ1v) is 9.03. The minimum atomic E-state index is -0.313. The van der Waals surface area contributed by atoms with Gasteiger partial charge in [0.15, 0.2) is 0 Å². The Balaban J connectivity index is 1.62. The number of nitrogens with zero attached hydrogens (tertiary/aromatic N) is 2. The summed E-state index contributed by atoms with van der Waals surface area (Å²) in [5, 5.41) is 0. The number of methoxy groups -OCH3 is 1. The van der Waals surface area contributed by atoms with Crippen molar-refractivity contribution in [3.05, 3.63) is 65.5 Å². The van der Waals surface area contributed by atoms with Gasteiger partial charge in [-0.1, -0.05) is 24.3 Å². The van der Waals surface area contributed by atoms with Crippen LogP contribution >= 0.6 is 0 Å². The maximum atomic E-state index is 13.0. The van der Waals surface area contributed by atoms with Crippen molar-refractivity contribution < 1.29 is 18.7 Å². The molecule has 1 aliphatic rings. The van der Waals surface area contributed by atoms with E-state index < -0.39 is 0 Å². The summed E-state index contributed by atoms with van der Waals surface area (Å²) in [6, 6.07) is 13.1. The average molecular weight is 370 g/mol. The Bertz CT molecular complexity index is 807. The molecule has 6 heteroatoms. The van der Waals surface area contributed by atoms with Crippen molar-refractivity contribution in [2.75, 3.05) is 33.3 Å². The number of halogens is 1. The number of amides is 2. The number of hydrogen-bond donors (Lipinski definition) is 0. The lowest BCUT2D eigenvalue weighted by molar-refractivity contribution is -0.130. The zero-order chi connectivity index (χ0) is 19.2. The summed E-state index contributed by atoms with van der Waals surface area (Å²) in [5.41, 5.74) is 1.32. The van der Waals surface area contributed by atoms with Gasteiger partial charge in [-0.15, -0.1) is 0 Å². The summed E-state index contributed by atoms with van der Waals surface area (Å²) >= 11 is 0. The molecule has 0 atom stereocenters. The summed E-state index contributed by atoms with van der Waals surface area (Å²) in [6.45, 7) is 2.17. The molecule has 0 unspecified atom stereocenters. The first-order chi connectivity index (χ1) is 13.1. The van der Waals surface area contributed by atoms with Crippen molar-refractivity contribution in [2.24, 2.45) is 0 Å². The van der Waals surface area contributed by atoms with Crippen LogP contribution in [0.4, 0.5) is 4.39 Å². The summed E-state index contributed by atoms with van der Waals surface area (Å²) in [4.78, 5) is 28.9. The fourth-order valence-corrected chi connectivity index (χ4v) is 3.25. The van der Waals surface area contributed by atoms with Crippen molar-refractivity contribution in [2.45, 2.75) is 12.8 Å². The van der Waals surface area contributed by atoms with Gasteiger partial charge in [-0.05, 0) is 36.2 Å². The predicted octanol–water partition coefficient (Wildman–Crippen LogP) is 2.75. The smallest absolute Gasteiger partial charge is 0.257 e. The Hall–Kier alpha value is -2.89. The van der Waals surface area contributed by atoms with E-state index in [0.29, 0.717) is 37.5 Å². The fraction of sp³-hybridized carbons (Fsp3) is 0.333. The fourth-order valence-electron chi connectivity index (χ4n) is 3.25. The third kappa shape index (κ3) is 4.64. The topological polar surface area (TPSA) is 49.9 Å². The molecule has 0 aliphatic carbocycles. The molecule has 27 heavy (non-hydrogen) atoms. The van der Waals surface area contributed by atoms with Crippen LogP contribution in [0, 0.1) is 5.82 Å². The van der Waals surface area contributed by atoms with Crippen LogP contribution in [0.25, 0.3) is 0 Å². The number of benzene rings is 2. The second-order valence-electron chi connectivity index (χ2n) is 6.53. The Kier molecular flexibility index (Phi) is 6.06. The van der Waals surface area contributed by atoms with Crippen LogP contribution in [0.5, 0.6) is 5.75 Å².